The molecule has 1 aromatic carbocycles. The second kappa shape index (κ2) is 8.08. The number of nitrogens with one attached hydrogen (secondary N) is 1. The van der Waals surface area contributed by atoms with E-state index in [0.29, 0.717) is 17.2 Å². The summed E-state index contributed by atoms with van der Waals surface area (Å²) >= 11 is 5.94. The second-order valence-corrected chi connectivity index (χ2v) is 4.30. The molecule has 1 aromatic rings. The summed E-state index contributed by atoms with van der Waals surface area (Å²) in [4.78, 5) is 11.4. The molecule has 0 aliphatic heterocycles. The summed E-state index contributed by atoms with van der Waals surface area (Å²) in [6.07, 6.45) is 0.0593. The van der Waals surface area contributed by atoms with Crippen molar-refractivity contribution in [3.05, 3.63) is 34.9 Å². The molecular formula is C13H18ClNO3. The fraction of sp³-hybridized carbons (Fsp3) is 0.462. The largest absolute Gasteiger partial charge is 0.387 e. The Balaban J connectivity index is 2.35. The number of amides is 1. The number of carbonyl (C=O) groups excluding carboxylic acids is 1. The highest BCUT2D eigenvalue weighted by molar-refractivity contribution is 6.31. The number of hydrogen-bond acceptors (Lipinski definition) is 3. The van der Waals surface area contributed by atoms with Gasteiger partial charge >= 0.3 is 0 Å². The van der Waals surface area contributed by atoms with Crippen LogP contribution in [0.25, 0.3) is 0 Å². The molecule has 0 saturated carbocycles. The molecule has 2 N–H and O–H groups in total. The summed E-state index contributed by atoms with van der Waals surface area (Å²) in [7, 11) is 0. The molecule has 5 heteroatoms. The van der Waals surface area contributed by atoms with Crippen molar-refractivity contribution in [1.82, 2.24) is 5.32 Å². The van der Waals surface area contributed by atoms with E-state index in [4.69, 9.17) is 16.3 Å². The van der Waals surface area contributed by atoms with E-state index in [-0.39, 0.29) is 19.1 Å². The Hall–Kier alpha value is -1.10. The summed E-state index contributed by atoms with van der Waals surface area (Å²) < 4.78 is 5.09. The molecule has 0 spiro atoms. The quantitative estimate of drug-likeness (QED) is 0.745. The minimum absolute atomic E-state index is 0.0169. The summed E-state index contributed by atoms with van der Waals surface area (Å²) in [5.41, 5.74) is 0.606. The van der Waals surface area contributed by atoms with Crippen molar-refractivity contribution >= 4 is 17.5 Å². The van der Waals surface area contributed by atoms with Crippen LogP contribution in [-0.2, 0) is 9.53 Å². The Bertz CT molecular complexity index is 384. The first-order valence-corrected chi connectivity index (χ1v) is 6.30. The van der Waals surface area contributed by atoms with Crippen molar-refractivity contribution in [3.8, 4) is 0 Å². The Morgan fingerprint density at radius 2 is 2.22 bits per heavy atom. The predicted octanol–water partition coefficient (Wildman–Crippen LogP) is 1.92. The summed E-state index contributed by atoms with van der Waals surface area (Å²) in [6.45, 7) is 2.67. The van der Waals surface area contributed by atoms with E-state index >= 15 is 0 Å². The topological polar surface area (TPSA) is 58.6 Å². The standard InChI is InChI=1S/C13H18ClNO3/c1-2-7-18-9-13(17)15-8-12(16)10-5-3-4-6-11(10)14/h3-6,12,16H,2,7-9H2,1H3,(H,15,17). The molecule has 1 atom stereocenters. The van der Waals surface area contributed by atoms with E-state index < -0.39 is 6.10 Å². The third-order valence-corrected chi connectivity index (χ3v) is 2.68. The highest BCUT2D eigenvalue weighted by Gasteiger charge is 2.12. The van der Waals surface area contributed by atoms with E-state index in [1.54, 1.807) is 24.3 Å². The van der Waals surface area contributed by atoms with Crippen LogP contribution in [0.1, 0.15) is 25.0 Å². The fourth-order valence-electron chi connectivity index (χ4n) is 1.43. The van der Waals surface area contributed by atoms with Gasteiger partial charge in [0.25, 0.3) is 0 Å². The Labute approximate surface area is 112 Å². The first-order valence-electron chi connectivity index (χ1n) is 5.92. The maximum atomic E-state index is 11.4. The SMILES string of the molecule is CCCOCC(=O)NCC(O)c1ccccc1Cl. The number of carbonyl (C=O) groups is 1. The second-order valence-electron chi connectivity index (χ2n) is 3.89. The molecule has 0 aliphatic rings. The van der Waals surface area contributed by atoms with Gasteiger partial charge in [-0.3, -0.25) is 4.79 Å². The first kappa shape index (κ1) is 15.0. The van der Waals surface area contributed by atoms with Crippen molar-refractivity contribution in [1.29, 1.82) is 0 Å². The van der Waals surface area contributed by atoms with Gasteiger partial charge in [-0.2, -0.15) is 0 Å². The zero-order valence-electron chi connectivity index (χ0n) is 10.4. The lowest BCUT2D eigenvalue weighted by Crippen LogP contribution is -2.31. The molecule has 0 aromatic heterocycles. The van der Waals surface area contributed by atoms with Crippen molar-refractivity contribution in [2.24, 2.45) is 0 Å². The van der Waals surface area contributed by atoms with Gasteiger partial charge in [-0.15, -0.1) is 0 Å². The van der Waals surface area contributed by atoms with Crippen LogP contribution in [0.4, 0.5) is 0 Å². The summed E-state index contributed by atoms with van der Waals surface area (Å²) in [5.74, 6) is -0.241. The molecule has 100 valence electrons. The van der Waals surface area contributed by atoms with Crippen LogP contribution in [0.3, 0.4) is 0 Å². The van der Waals surface area contributed by atoms with E-state index in [1.165, 1.54) is 0 Å². The molecule has 0 aliphatic carbocycles. The van der Waals surface area contributed by atoms with Gasteiger partial charge in [-0.1, -0.05) is 36.7 Å². The highest BCUT2D eigenvalue weighted by Crippen LogP contribution is 2.21. The molecule has 0 saturated heterocycles. The zero-order valence-corrected chi connectivity index (χ0v) is 11.1. The van der Waals surface area contributed by atoms with Gasteiger partial charge in [0.1, 0.15) is 6.61 Å². The predicted molar refractivity (Wildman–Crippen MR) is 70.5 cm³/mol. The maximum Gasteiger partial charge on any atom is 0.246 e. The number of halogens is 1. The van der Waals surface area contributed by atoms with Gasteiger partial charge in [-0.25, -0.2) is 0 Å². The van der Waals surface area contributed by atoms with E-state index in [9.17, 15) is 9.90 Å². The fourth-order valence-corrected chi connectivity index (χ4v) is 1.69. The summed E-state index contributed by atoms with van der Waals surface area (Å²) in [6, 6.07) is 7.01. The molecule has 0 bridgehead atoms. The lowest BCUT2D eigenvalue weighted by molar-refractivity contribution is -0.126. The van der Waals surface area contributed by atoms with Crippen LogP contribution >= 0.6 is 11.6 Å². The molecule has 0 fully saturated rings. The first-order chi connectivity index (χ1) is 8.65. The molecule has 0 radical (unpaired) electrons. The lowest BCUT2D eigenvalue weighted by Gasteiger charge is -2.13. The lowest BCUT2D eigenvalue weighted by atomic mass is 10.1. The van der Waals surface area contributed by atoms with Gasteiger partial charge in [0.15, 0.2) is 0 Å². The third-order valence-electron chi connectivity index (χ3n) is 2.34. The minimum atomic E-state index is -0.811. The van der Waals surface area contributed by atoms with Gasteiger partial charge < -0.3 is 15.2 Å². The number of benzene rings is 1. The summed E-state index contributed by atoms with van der Waals surface area (Å²) in [5, 5.41) is 13.0. The van der Waals surface area contributed by atoms with E-state index in [2.05, 4.69) is 5.32 Å². The molecule has 18 heavy (non-hydrogen) atoms. The third kappa shape index (κ3) is 5.04. The van der Waals surface area contributed by atoms with Gasteiger partial charge in [-0.05, 0) is 12.5 Å². The average Bonchev–Trinajstić information content (AvgIpc) is 2.37. The van der Waals surface area contributed by atoms with Crippen LogP contribution in [0.2, 0.25) is 5.02 Å². The van der Waals surface area contributed by atoms with Gasteiger partial charge in [0.2, 0.25) is 5.91 Å². The van der Waals surface area contributed by atoms with Gasteiger partial charge in [0, 0.05) is 23.7 Å². The molecule has 1 amide bonds. The van der Waals surface area contributed by atoms with Crippen molar-refractivity contribution < 1.29 is 14.6 Å². The zero-order chi connectivity index (χ0) is 13.4. The molecule has 0 heterocycles. The highest BCUT2D eigenvalue weighted by atomic mass is 35.5. The van der Waals surface area contributed by atoms with Crippen LogP contribution < -0.4 is 5.32 Å². The Kier molecular flexibility index (Phi) is 6.72. The normalized spacial score (nSPS) is 12.2. The van der Waals surface area contributed by atoms with Crippen molar-refractivity contribution in [2.45, 2.75) is 19.4 Å². The number of ether oxygens (including phenoxy) is 1. The minimum Gasteiger partial charge on any atom is -0.387 e. The maximum absolute atomic E-state index is 11.4. The van der Waals surface area contributed by atoms with Crippen LogP contribution in [0.5, 0.6) is 0 Å². The van der Waals surface area contributed by atoms with E-state index in [0.717, 1.165) is 6.42 Å². The molecule has 4 nitrogen and oxygen atoms in total. The molecule has 1 rings (SSSR count). The number of hydrogen-bond donors (Lipinski definition) is 2. The van der Waals surface area contributed by atoms with Crippen LogP contribution in [0, 0.1) is 0 Å². The van der Waals surface area contributed by atoms with Crippen molar-refractivity contribution in [3.63, 3.8) is 0 Å². The number of aliphatic hydroxyl groups is 1. The average molecular weight is 272 g/mol. The van der Waals surface area contributed by atoms with E-state index in [1.807, 2.05) is 6.92 Å². The van der Waals surface area contributed by atoms with Crippen LogP contribution in [0.15, 0.2) is 24.3 Å². The molecule has 1 unspecified atom stereocenters. The molecular weight excluding hydrogens is 254 g/mol. The number of aliphatic hydroxyl groups excluding tert-OH is 1. The smallest absolute Gasteiger partial charge is 0.246 e. The Morgan fingerprint density at radius 1 is 1.50 bits per heavy atom. The Morgan fingerprint density at radius 3 is 2.89 bits per heavy atom. The van der Waals surface area contributed by atoms with Crippen LogP contribution in [-0.4, -0.2) is 30.8 Å². The van der Waals surface area contributed by atoms with Crippen molar-refractivity contribution in [2.75, 3.05) is 19.8 Å². The monoisotopic (exact) mass is 271 g/mol. The number of rotatable bonds is 7. The van der Waals surface area contributed by atoms with Gasteiger partial charge in [0.05, 0.1) is 6.10 Å².